The minimum atomic E-state index is -2.22. The summed E-state index contributed by atoms with van der Waals surface area (Å²) in [4.78, 5) is 0. The van der Waals surface area contributed by atoms with Gasteiger partial charge in [0.15, 0.2) is 0 Å². The first-order valence-electron chi connectivity index (χ1n) is 9.66. The van der Waals surface area contributed by atoms with Crippen molar-refractivity contribution in [2.45, 2.75) is 55.4 Å². The second kappa shape index (κ2) is 7.55. The van der Waals surface area contributed by atoms with Gasteiger partial charge < -0.3 is 30.3 Å². The van der Waals surface area contributed by atoms with Crippen LogP contribution in [0.4, 0.5) is 0 Å². The monoisotopic (exact) mass is 386 g/mol. The van der Waals surface area contributed by atoms with Gasteiger partial charge in [-0.1, -0.05) is 42.5 Å². The first kappa shape index (κ1) is 19.5. The van der Waals surface area contributed by atoms with Gasteiger partial charge in [0.25, 0.3) is 0 Å². The molecule has 1 aliphatic carbocycles. The highest BCUT2D eigenvalue weighted by molar-refractivity contribution is 5.35. The van der Waals surface area contributed by atoms with Crippen LogP contribution in [0.3, 0.4) is 0 Å². The Labute approximate surface area is 163 Å². The lowest BCUT2D eigenvalue weighted by molar-refractivity contribution is -0.357. The van der Waals surface area contributed by atoms with E-state index in [0.717, 1.165) is 11.1 Å². The summed E-state index contributed by atoms with van der Waals surface area (Å²) < 4.78 is 5.40. The third-order valence-electron chi connectivity index (χ3n) is 5.74. The Morgan fingerprint density at radius 1 is 0.929 bits per heavy atom. The molecular formula is C22H26O6. The molecular weight excluding hydrogens is 360 g/mol. The Morgan fingerprint density at radius 3 is 2.29 bits per heavy atom. The highest BCUT2D eigenvalue weighted by Gasteiger charge is 2.53. The fraction of sp³-hybridized carbons (Fsp3) is 0.455. The van der Waals surface area contributed by atoms with Crippen LogP contribution < -0.4 is 0 Å². The molecule has 6 heteroatoms. The normalized spacial score (nSPS) is 33.0. The molecule has 2 aromatic carbocycles. The number of hydrogen-bond donors (Lipinski definition) is 5. The fourth-order valence-corrected chi connectivity index (χ4v) is 3.86. The Balaban J connectivity index is 1.56. The zero-order valence-electron chi connectivity index (χ0n) is 15.5. The molecule has 5 atom stereocenters. The van der Waals surface area contributed by atoms with E-state index in [4.69, 9.17) is 4.74 Å². The third kappa shape index (κ3) is 3.59. The zero-order chi connectivity index (χ0) is 19.9. The van der Waals surface area contributed by atoms with Gasteiger partial charge in [0, 0.05) is 5.56 Å². The lowest BCUT2D eigenvalue weighted by atomic mass is 9.87. The molecule has 0 bridgehead atoms. The average Bonchev–Trinajstić information content (AvgIpc) is 3.55. The van der Waals surface area contributed by atoms with Gasteiger partial charge in [0.05, 0.1) is 6.61 Å². The molecule has 1 saturated carbocycles. The first-order chi connectivity index (χ1) is 13.4. The Bertz CT molecular complexity index is 816. The molecule has 1 heterocycles. The van der Waals surface area contributed by atoms with Crippen LogP contribution in [0, 0.1) is 0 Å². The van der Waals surface area contributed by atoms with Crippen LogP contribution in [0.1, 0.15) is 41.0 Å². The van der Waals surface area contributed by atoms with Crippen molar-refractivity contribution < 1.29 is 30.3 Å². The predicted octanol–water partition coefficient (Wildman–Crippen LogP) is 0.774. The van der Waals surface area contributed by atoms with Gasteiger partial charge in [-0.25, -0.2) is 0 Å². The molecule has 2 aliphatic rings. The largest absolute Gasteiger partial charge is 0.394 e. The first-order valence-corrected chi connectivity index (χ1v) is 9.66. The van der Waals surface area contributed by atoms with Gasteiger partial charge >= 0.3 is 0 Å². The van der Waals surface area contributed by atoms with Crippen LogP contribution in [0.5, 0.6) is 0 Å². The van der Waals surface area contributed by atoms with Crippen molar-refractivity contribution in [2.75, 3.05) is 6.61 Å². The van der Waals surface area contributed by atoms with Crippen molar-refractivity contribution in [1.29, 1.82) is 0 Å². The summed E-state index contributed by atoms with van der Waals surface area (Å²) in [5, 5.41) is 50.6. The Kier molecular flexibility index (Phi) is 5.26. The van der Waals surface area contributed by atoms with Gasteiger partial charge in [0.1, 0.15) is 24.4 Å². The number of aliphatic hydroxyl groups excluding tert-OH is 4. The summed E-state index contributed by atoms with van der Waals surface area (Å²) in [6.07, 6.45) is -2.93. The SMILES string of the molecule is OC[C@H]1O[C@](O)(c2cccc(Cc3ccc(C4CC4)cc3)c2)[C@H](O)[C@@H](O)[C@@H]1O. The molecule has 1 saturated heterocycles. The second-order valence-corrected chi connectivity index (χ2v) is 7.85. The van der Waals surface area contributed by atoms with Crippen molar-refractivity contribution in [3.63, 3.8) is 0 Å². The second-order valence-electron chi connectivity index (χ2n) is 7.85. The summed E-state index contributed by atoms with van der Waals surface area (Å²) in [6, 6.07) is 15.4. The van der Waals surface area contributed by atoms with Crippen molar-refractivity contribution in [3.05, 3.63) is 70.8 Å². The molecule has 0 aromatic heterocycles. The quantitative estimate of drug-likeness (QED) is 0.519. The minimum absolute atomic E-state index is 0.261. The third-order valence-corrected chi connectivity index (χ3v) is 5.74. The maximum atomic E-state index is 10.9. The number of ether oxygens (including phenoxy) is 1. The number of hydrogen-bond acceptors (Lipinski definition) is 6. The smallest absolute Gasteiger partial charge is 0.222 e. The van der Waals surface area contributed by atoms with Crippen LogP contribution in [0.25, 0.3) is 0 Å². The molecule has 28 heavy (non-hydrogen) atoms. The molecule has 0 radical (unpaired) electrons. The predicted molar refractivity (Wildman–Crippen MR) is 102 cm³/mol. The zero-order valence-corrected chi connectivity index (χ0v) is 15.5. The molecule has 1 aliphatic heterocycles. The van der Waals surface area contributed by atoms with E-state index in [1.165, 1.54) is 18.4 Å². The summed E-state index contributed by atoms with van der Waals surface area (Å²) in [5.74, 6) is -1.52. The van der Waals surface area contributed by atoms with Gasteiger partial charge in [-0.2, -0.15) is 0 Å². The van der Waals surface area contributed by atoms with Crippen LogP contribution >= 0.6 is 0 Å². The molecule has 0 unspecified atom stereocenters. The maximum Gasteiger partial charge on any atom is 0.222 e. The Hall–Kier alpha value is -1.80. The van der Waals surface area contributed by atoms with Gasteiger partial charge in [-0.3, -0.25) is 0 Å². The summed E-state index contributed by atoms with van der Waals surface area (Å²) >= 11 is 0. The standard InChI is InChI=1S/C22H26O6/c23-12-18-19(24)20(25)21(26)22(27,28-18)17-3-1-2-14(11-17)10-13-4-6-15(7-5-13)16-8-9-16/h1-7,11,16,18-21,23-27H,8-10,12H2/t18-,19-,20+,21-,22-/m1/s1. The Morgan fingerprint density at radius 2 is 1.64 bits per heavy atom. The minimum Gasteiger partial charge on any atom is -0.394 e. The summed E-state index contributed by atoms with van der Waals surface area (Å²) in [6.45, 7) is -0.597. The lowest BCUT2D eigenvalue weighted by Crippen LogP contribution is -2.63. The van der Waals surface area contributed by atoms with Gasteiger partial charge in [-0.05, 0) is 47.9 Å². The topological polar surface area (TPSA) is 110 Å². The van der Waals surface area contributed by atoms with Crippen molar-refractivity contribution in [1.82, 2.24) is 0 Å². The van der Waals surface area contributed by atoms with Crippen LogP contribution in [-0.2, 0) is 16.9 Å². The van der Waals surface area contributed by atoms with Crippen LogP contribution in [-0.4, -0.2) is 56.6 Å². The van der Waals surface area contributed by atoms with Crippen molar-refractivity contribution in [3.8, 4) is 0 Å². The maximum absolute atomic E-state index is 10.9. The van der Waals surface area contributed by atoms with Gasteiger partial charge in [0.2, 0.25) is 5.79 Å². The van der Waals surface area contributed by atoms with Gasteiger partial charge in [-0.15, -0.1) is 0 Å². The number of benzene rings is 2. The molecule has 4 rings (SSSR count). The van der Waals surface area contributed by atoms with E-state index in [1.54, 1.807) is 18.2 Å². The number of rotatable bonds is 5. The highest BCUT2D eigenvalue weighted by atomic mass is 16.7. The van der Waals surface area contributed by atoms with E-state index in [1.807, 2.05) is 6.07 Å². The van der Waals surface area contributed by atoms with Crippen molar-refractivity contribution in [2.24, 2.45) is 0 Å². The average molecular weight is 386 g/mol. The van der Waals surface area contributed by atoms with E-state index in [9.17, 15) is 25.5 Å². The van der Waals surface area contributed by atoms with E-state index in [2.05, 4.69) is 24.3 Å². The van der Waals surface area contributed by atoms with Crippen molar-refractivity contribution >= 4 is 0 Å². The van der Waals surface area contributed by atoms with E-state index in [-0.39, 0.29) is 5.56 Å². The molecule has 6 nitrogen and oxygen atoms in total. The van der Waals surface area contributed by atoms with E-state index >= 15 is 0 Å². The molecule has 150 valence electrons. The molecule has 0 spiro atoms. The molecule has 2 fully saturated rings. The van der Waals surface area contributed by atoms with E-state index < -0.39 is 36.8 Å². The van der Waals surface area contributed by atoms with Crippen LogP contribution in [0.15, 0.2) is 48.5 Å². The van der Waals surface area contributed by atoms with Crippen LogP contribution in [0.2, 0.25) is 0 Å². The molecule has 5 N–H and O–H groups in total. The van der Waals surface area contributed by atoms with E-state index in [0.29, 0.717) is 12.3 Å². The number of aliphatic hydroxyl groups is 5. The molecule has 0 amide bonds. The summed E-state index contributed by atoms with van der Waals surface area (Å²) in [7, 11) is 0. The fourth-order valence-electron chi connectivity index (χ4n) is 3.86. The molecule has 2 aromatic rings. The summed E-state index contributed by atoms with van der Waals surface area (Å²) in [5.41, 5.74) is 3.66. The highest BCUT2D eigenvalue weighted by Crippen LogP contribution is 2.40. The lowest BCUT2D eigenvalue weighted by Gasteiger charge is -2.45.